The monoisotopic (exact) mass is 296 g/mol. The minimum absolute atomic E-state index is 0.130. The Morgan fingerprint density at radius 2 is 1.30 bits per heavy atom. The van der Waals surface area contributed by atoms with Crippen molar-refractivity contribution in [1.29, 1.82) is 0 Å². The lowest BCUT2D eigenvalue weighted by molar-refractivity contribution is -0.121. The molecule has 0 bridgehead atoms. The van der Waals surface area contributed by atoms with Crippen LogP contribution in [0.5, 0.6) is 0 Å². The Balaban J connectivity index is 3.27. The molecule has 0 aliphatic carbocycles. The van der Waals surface area contributed by atoms with Gasteiger partial charge in [0.2, 0.25) is 11.7 Å². The van der Waals surface area contributed by atoms with Crippen molar-refractivity contribution < 1.29 is 26.7 Å². The Bertz CT molecular complexity index is 514. The second kappa shape index (κ2) is 5.74. The van der Waals surface area contributed by atoms with Gasteiger partial charge in [0.05, 0.1) is 5.54 Å². The van der Waals surface area contributed by atoms with E-state index in [1.54, 1.807) is 19.2 Å². The zero-order chi connectivity index (χ0) is 15.7. The number of nitrogens with one attached hydrogen (secondary N) is 1. The highest BCUT2D eigenvalue weighted by Crippen LogP contribution is 2.28. The predicted octanol–water partition coefficient (Wildman–Crippen LogP) is 2.84. The fourth-order valence-electron chi connectivity index (χ4n) is 1.52. The number of benzene rings is 1. The molecule has 8 heteroatoms. The number of anilines is 1. The van der Waals surface area contributed by atoms with E-state index < -0.39 is 46.2 Å². The van der Waals surface area contributed by atoms with Crippen LogP contribution in [-0.2, 0) is 4.79 Å². The van der Waals surface area contributed by atoms with Crippen LogP contribution in [0.1, 0.15) is 26.7 Å². The molecular formula is C12H13F5N2O. The largest absolute Gasteiger partial charge is 0.319 e. The molecule has 0 radical (unpaired) electrons. The highest BCUT2D eigenvalue weighted by Gasteiger charge is 2.33. The van der Waals surface area contributed by atoms with Crippen LogP contribution < -0.4 is 11.1 Å². The van der Waals surface area contributed by atoms with Crippen molar-refractivity contribution in [1.82, 2.24) is 0 Å². The van der Waals surface area contributed by atoms with E-state index in [1.165, 1.54) is 0 Å². The summed E-state index contributed by atoms with van der Waals surface area (Å²) >= 11 is 0. The van der Waals surface area contributed by atoms with Gasteiger partial charge in [0.25, 0.3) is 0 Å². The molecule has 112 valence electrons. The topological polar surface area (TPSA) is 55.1 Å². The molecule has 3 N–H and O–H groups in total. The Morgan fingerprint density at radius 1 is 0.950 bits per heavy atom. The first kappa shape index (κ1) is 16.4. The summed E-state index contributed by atoms with van der Waals surface area (Å²) in [5.74, 6) is -11.8. The molecule has 0 fully saturated rings. The second-order valence-corrected chi connectivity index (χ2v) is 4.26. The van der Waals surface area contributed by atoms with Crippen LogP contribution in [0.2, 0.25) is 0 Å². The maximum absolute atomic E-state index is 13.4. The van der Waals surface area contributed by atoms with Gasteiger partial charge in [-0.2, -0.15) is 0 Å². The predicted molar refractivity (Wildman–Crippen MR) is 62.4 cm³/mol. The van der Waals surface area contributed by atoms with Crippen LogP contribution in [0, 0.1) is 29.1 Å². The van der Waals surface area contributed by atoms with E-state index in [9.17, 15) is 26.7 Å². The van der Waals surface area contributed by atoms with E-state index in [2.05, 4.69) is 0 Å². The van der Waals surface area contributed by atoms with Gasteiger partial charge in [0, 0.05) is 0 Å². The van der Waals surface area contributed by atoms with Crippen molar-refractivity contribution in [3.05, 3.63) is 29.1 Å². The smallest absolute Gasteiger partial charge is 0.244 e. The molecule has 0 saturated heterocycles. The third kappa shape index (κ3) is 2.60. The van der Waals surface area contributed by atoms with E-state index in [1.807, 2.05) is 0 Å². The average molecular weight is 296 g/mol. The SMILES string of the molecule is CCC(N)(CC)C(=O)Nc1c(F)c(F)c(F)c(F)c1F. The third-order valence-corrected chi connectivity index (χ3v) is 3.16. The number of nitrogens with two attached hydrogens (primary N) is 1. The summed E-state index contributed by atoms with van der Waals surface area (Å²) in [6, 6.07) is 0. The van der Waals surface area contributed by atoms with Crippen LogP contribution in [-0.4, -0.2) is 11.4 Å². The Labute approximate surface area is 112 Å². The molecule has 0 spiro atoms. The molecule has 20 heavy (non-hydrogen) atoms. The van der Waals surface area contributed by atoms with Crippen LogP contribution in [0.25, 0.3) is 0 Å². The summed E-state index contributed by atoms with van der Waals surface area (Å²) in [6.07, 6.45) is 0.259. The van der Waals surface area contributed by atoms with Crippen molar-refractivity contribution in [2.45, 2.75) is 32.2 Å². The molecule has 0 saturated carbocycles. The maximum Gasteiger partial charge on any atom is 0.244 e. The van der Waals surface area contributed by atoms with Crippen molar-refractivity contribution in [2.24, 2.45) is 5.73 Å². The van der Waals surface area contributed by atoms with E-state index >= 15 is 0 Å². The maximum atomic E-state index is 13.4. The van der Waals surface area contributed by atoms with Gasteiger partial charge in [0.15, 0.2) is 23.3 Å². The first-order chi connectivity index (χ1) is 9.19. The van der Waals surface area contributed by atoms with Gasteiger partial charge in [-0.05, 0) is 12.8 Å². The van der Waals surface area contributed by atoms with Crippen LogP contribution in [0.3, 0.4) is 0 Å². The van der Waals surface area contributed by atoms with Gasteiger partial charge < -0.3 is 11.1 Å². The molecular weight excluding hydrogens is 283 g/mol. The van der Waals surface area contributed by atoms with E-state index in [-0.39, 0.29) is 12.8 Å². The number of halogens is 5. The summed E-state index contributed by atoms with van der Waals surface area (Å²) in [5, 5.41) is 1.67. The van der Waals surface area contributed by atoms with Gasteiger partial charge in [-0.1, -0.05) is 13.8 Å². The zero-order valence-electron chi connectivity index (χ0n) is 10.8. The van der Waals surface area contributed by atoms with Gasteiger partial charge >= 0.3 is 0 Å². The molecule has 0 aliphatic rings. The molecule has 0 unspecified atom stereocenters. The summed E-state index contributed by atoms with van der Waals surface area (Å²) in [4.78, 5) is 11.8. The summed E-state index contributed by atoms with van der Waals surface area (Å²) in [7, 11) is 0. The fourth-order valence-corrected chi connectivity index (χ4v) is 1.52. The minimum Gasteiger partial charge on any atom is -0.319 e. The Kier molecular flexibility index (Phi) is 4.69. The van der Waals surface area contributed by atoms with Crippen molar-refractivity contribution in [3.63, 3.8) is 0 Å². The molecule has 3 nitrogen and oxygen atoms in total. The summed E-state index contributed by atoms with van der Waals surface area (Å²) < 4.78 is 65.5. The second-order valence-electron chi connectivity index (χ2n) is 4.26. The van der Waals surface area contributed by atoms with Gasteiger partial charge in [-0.3, -0.25) is 4.79 Å². The first-order valence-electron chi connectivity index (χ1n) is 5.81. The molecule has 0 atom stereocenters. The molecule has 1 aromatic rings. The fraction of sp³-hybridized carbons (Fsp3) is 0.417. The molecule has 1 aromatic carbocycles. The number of carbonyl (C=O) groups excluding carboxylic acids is 1. The zero-order valence-corrected chi connectivity index (χ0v) is 10.8. The van der Waals surface area contributed by atoms with Gasteiger partial charge in [-0.15, -0.1) is 0 Å². The molecule has 0 heterocycles. The highest BCUT2D eigenvalue weighted by molar-refractivity contribution is 5.98. The molecule has 1 amide bonds. The normalized spacial score (nSPS) is 11.6. The Hall–Kier alpha value is -1.70. The number of hydrogen-bond acceptors (Lipinski definition) is 2. The van der Waals surface area contributed by atoms with Crippen molar-refractivity contribution in [3.8, 4) is 0 Å². The lowest BCUT2D eigenvalue weighted by Gasteiger charge is -2.25. The standard InChI is InChI=1S/C12H13F5N2O/c1-3-12(18,4-2)11(20)19-10-8(16)6(14)5(13)7(15)9(10)17/h3-4,18H2,1-2H3,(H,19,20). The van der Waals surface area contributed by atoms with Crippen LogP contribution in [0.4, 0.5) is 27.6 Å². The van der Waals surface area contributed by atoms with Crippen molar-refractivity contribution in [2.75, 3.05) is 5.32 Å². The quantitative estimate of drug-likeness (QED) is 0.510. The van der Waals surface area contributed by atoms with E-state index in [0.29, 0.717) is 0 Å². The average Bonchev–Trinajstić information content (AvgIpc) is 2.46. The van der Waals surface area contributed by atoms with Crippen LogP contribution >= 0.6 is 0 Å². The first-order valence-corrected chi connectivity index (χ1v) is 5.81. The van der Waals surface area contributed by atoms with Gasteiger partial charge in [-0.25, -0.2) is 22.0 Å². The highest BCUT2D eigenvalue weighted by atomic mass is 19.2. The molecule has 1 rings (SSSR count). The van der Waals surface area contributed by atoms with Gasteiger partial charge in [0.1, 0.15) is 5.69 Å². The van der Waals surface area contributed by atoms with Crippen molar-refractivity contribution >= 4 is 11.6 Å². The lowest BCUT2D eigenvalue weighted by Crippen LogP contribution is -2.50. The summed E-state index contributed by atoms with van der Waals surface area (Å²) in [6.45, 7) is 3.11. The number of carbonyl (C=O) groups is 1. The summed E-state index contributed by atoms with van der Waals surface area (Å²) in [5.41, 5.74) is 2.82. The number of rotatable bonds is 4. The van der Waals surface area contributed by atoms with E-state index in [4.69, 9.17) is 5.73 Å². The third-order valence-electron chi connectivity index (χ3n) is 3.16. The Morgan fingerprint density at radius 3 is 1.65 bits per heavy atom. The number of hydrogen-bond donors (Lipinski definition) is 2. The molecule has 0 aromatic heterocycles. The minimum atomic E-state index is -2.29. The lowest BCUT2D eigenvalue weighted by atomic mass is 9.93. The van der Waals surface area contributed by atoms with E-state index in [0.717, 1.165) is 0 Å². The van der Waals surface area contributed by atoms with Crippen LogP contribution in [0.15, 0.2) is 0 Å². The number of amides is 1. The molecule has 0 aliphatic heterocycles.